The Kier molecular flexibility index (Phi) is 3.65. The number of imidazole rings is 1. The average Bonchev–Trinajstić information content (AvgIpc) is 2.68. The molecule has 1 aliphatic carbocycles. The Hall–Kier alpha value is -1.56. The van der Waals surface area contributed by atoms with E-state index in [1.807, 2.05) is 4.57 Å². The molecule has 0 amide bonds. The third-order valence-corrected chi connectivity index (χ3v) is 4.63. The van der Waals surface area contributed by atoms with E-state index >= 15 is 0 Å². The molecule has 0 saturated heterocycles. The molecular weight excluding hydrogens is 279 g/mol. The van der Waals surface area contributed by atoms with Crippen LogP contribution in [0, 0.1) is 11.7 Å². The van der Waals surface area contributed by atoms with E-state index in [1.165, 1.54) is 43.2 Å². The summed E-state index contributed by atoms with van der Waals surface area (Å²) in [5.74, 6) is -0.596. The van der Waals surface area contributed by atoms with Crippen molar-refractivity contribution in [2.24, 2.45) is 5.92 Å². The number of hydrogen-bond donors (Lipinski definition) is 1. The van der Waals surface area contributed by atoms with Gasteiger partial charge in [0.25, 0.3) is 0 Å². The molecule has 3 rings (SSSR count). The fourth-order valence-electron chi connectivity index (χ4n) is 2.42. The predicted molar refractivity (Wildman–Crippen MR) is 75.4 cm³/mol. The number of hydrogen-bond acceptors (Lipinski definition) is 3. The van der Waals surface area contributed by atoms with Crippen molar-refractivity contribution in [1.82, 2.24) is 9.55 Å². The molecule has 0 atom stereocenters. The van der Waals surface area contributed by atoms with Gasteiger partial charge < -0.3 is 9.67 Å². The summed E-state index contributed by atoms with van der Waals surface area (Å²) in [6.07, 6.45) is 3.60. The molecule has 2 aromatic rings. The lowest BCUT2D eigenvalue weighted by atomic mass is 9.85. The minimum absolute atomic E-state index is 0.0313. The maximum Gasteiger partial charge on any atom is 0.313 e. The van der Waals surface area contributed by atoms with Crippen LogP contribution in [0.3, 0.4) is 0 Å². The van der Waals surface area contributed by atoms with E-state index < -0.39 is 5.97 Å². The van der Waals surface area contributed by atoms with Gasteiger partial charge in [0.2, 0.25) is 0 Å². The first-order chi connectivity index (χ1) is 9.63. The Labute approximate surface area is 120 Å². The molecule has 1 aromatic carbocycles. The number of aromatic nitrogens is 2. The van der Waals surface area contributed by atoms with E-state index in [1.54, 1.807) is 6.07 Å². The second kappa shape index (κ2) is 5.44. The van der Waals surface area contributed by atoms with Crippen molar-refractivity contribution in [3.05, 3.63) is 24.0 Å². The smallest absolute Gasteiger partial charge is 0.313 e. The van der Waals surface area contributed by atoms with Gasteiger partial charge in [0.15, 0.2) is 5.16 Å². The molecule has 0 unspecified atom stereocenters. The van der Waals surface area contributed by atoms with Crippen LogP contribution < -0.4 is 0 Å². The number of aliphatic carboxylic acids is 1. The molecule has 1 saturated carbocycles. The Morgan fingerprint density at radius 3 is 2.95 bits per heavy atom. The highest BCUT2D eigenvalue weighted by molar-refractivity contribution is 7.99. The molecule has 106 valence electrons. The highest BCUT2D eigenvalue weighted by Gasteiger charge is 2.21. The van der Waals surface area contributed by atoms with E-state index in [0.717, 1.165) is 17.6 Å². The zero-order valence-corrected chi connectivity index (χ0v) is 11.7. The van der Waals surface area contributed by atoms with Crippen molar-refractivity contribution < 1.29 is 14.3 Å². The SMILES string of the molecule is O=C(O)CSc1nc2ccc(F)cc2n1CC1CCC1. The minimum atomic E-state index is -0.872. The lowest BCUT2D eigenvalue weighted by Crippen LogP contribution is -2.18. The zero-order valence-electron chi connectivity index (χ0n) is 10.9. The Bertz CT molecular complexity index is 652. The molecule has 0 spiro atoms. The molecule has 1 fully saturated rings. The third-order valence-electron chi connectivity index (χ3n) is 3.67. The van der Waals surface area contributed by atoms with Gasteiger partial charge in [-0.15, -0.1) is 0 Å². The standard InChI is InChI=1S/C14H15FN2O2S/c15-10-4-5-11-12(6-10)17(7-9-2-1-3-9)14(16-11)20-8-13(18)19/h4-6,9H,1-3,7-8H2,(H,18,19). The van der Waals surface area contributed by atoms with Gasteiger partial charge in [0.05, 0.1) is 16.8 Å². The van der Waals surface area contributed by atoms with Gasteiger partial charge in [-0.25, -0.2) is 9.37 Å². The van der Waals surface area contributed by atoms with Crippen LogP contribution in [0.25, 0.3) is 11.0 Å². The summed E-state index contributed by atoms with van der Waals surface area (Å²) in [6.45, 7) is 0.794. The molecule has 0 aliphatic heterocycles. The highest BCUT2D eigenvalue weighted by atomic mass is 32.2. The molecule has 6 heteroatoms. The van der Waals surface area contributed by atoms with Crippen molar-refractivity contribution in [3.63, 3.8) is 0 Å². The number of thioether (sulfide) groups is 1. The normalized spacial score (nSPS) is 15.4. The number of rotatable bonds is 5. The van der Waals surface area contributed by atoms with E-state index in [2.05, 4.69) is 4.98 Å². The van der Waals surface area contributed by atoms with Crippen LogP contribution in [-0.4, -0.2) is 26.4 Å². The fraction of sp³-hybridized carbons (Fsp3) is 0.429. The molecule has 0 bridgehead atoms. The Morgan fingerprint density at radius 2 is 2.30 bits per heavy atom. The van der Waals surface area contributed by atoms with E-state index in [9.17, 15) is 9.18 Å². The third kappa shape index (κ3) is 2.65. The molecule has 1 N–H and O–H groups in total. The Morgan fingerprint density at radius 1 is 1.50 bits per heavy atom. The highest BCUT2D eigenvalue weighted by Crippen LogP contribution is 2.32. The lowest BCUT2D eigenvalue weighted by molar-refractivity contribution is -0.133. The maximum atomic E-state index is 13.4. The van der Waals surface area contributed by atoms with Crippen LogP contribution in [0.1, 0.15) is 19.3 Å². The van der Waals surface area contributed by atoms with Gasteiger partial charge in [0.1, 0.15) is 5.82 Å². The van der Waals surface area contributed by atoms with Crippen molar-refractivity contribution in [2.75, 3.05) is 5.75 Å². The summed E-state index contributed by atoms with van der Waals surface area (Å²) >= 11 is 1.19. The Balaban J connectivity index is 1.97. The summed E-state index contributed by atoms with van der Waals surface area (Å²) in [6, 6.07) is 4.51. The van der Waals surface area contributed by atoms with Gasteiger partial charge in [-0.05, 0) is 37.0 Å². The number of benzene rings is 1. The van der Waals surface area contributed by atoms with Crippen molar-refractivity contribution in [2.45, 2.75) is 31.0 Å². The second-order valence-electron chi connectivity index (χ2n) is 5.12. The first-order valence-electron chi connectivity index (χ1n) is 6.64. The van der Waals surface area contributed by atoms with E-state index in [0.29, 0.717) is 11.1 Å². The summed E-state index contributed by atoms with van der Waals surface area (Å²) in [7, 11) is 0. The average molecular weight is 294 g/mol. The van der Waals surface area contributed by atoms with Gasteiger partial charge >= 0.3 is 5.97 Å². The molecule has 1 heterocycles. The van der Waals surface area contributed by atoms with Crippen LogP contribution in [0.2, 0.25) is 0 Å². The van der Waals surface area contributed by atoms with E-state index in [4.69, 9.17) is 5.11 Å². The van der Waals surface area contributed by atoms with Crippen LogP contribution in [0.5, 0.6) is 0 Å². The number of halogens is 1. The molecule has 4 nitrogen and oxygen atoms in total. The number of carbonyl (C=O) groups is 1. The summed E-state index contributed by atoms with van der Waals surface area (Å²) in [5, 5.41) is 9.47. The quantitative estimate of drug-likeness (QED) is 0.861. The number of carboxylic acids is 1. The second-order valence-corrected chi connectivity index (χ2v) is 6.06. The molecule has 20 heavy (non-hydrogen) atoms. The number of fused-ring (bicyclic) bond motifs is 1. The maximum absolute atomic E-state index is 13.4. The van der Waals surface area contributed by atoms with Crippen LogP contribution in [0.4, 0.5) is 4.39 Å². The molecule has 0 radical (unpaired) electrons. The summed E-state index contributed by atoms with van der Waals surface area (Å²) < 4.78 is 15.4. The molecular formula is C14H15FN2O2S. The zero-order chi connectivity index (χ0) is 14.1. The molecule has 1 aromatic heterocycles. The predicted octanol–water partition coefficient (Wildman–Crippen LogP) is 3.15. The van der Waals surface area contributed by atoms with Crippen LogP contribution in [-0.2, 0) is 11.3 Å². The summed E-state index contributed by atoms with van der Waals surface area (Å²) in [5.41, 5.74) is 1.48. The summed E-state index contributed by atoms with van der Waals surface area (Å²) in [4.78, 5) is 15.2. The first kappa shape index (κ1) is 13.4. The van der Waals surface area contributed by atoms with Gasteiger partial charge in [-0.3, -0.25) is 4.79 Å². The monoisotopic (exact) mass is 294 g/mol. The van der Waals surface area contributed by atoms with E-state index in [-0.39, 0.29) is 11.6 Å². The van der Waals surface area contributed by atoms with Crippen LogP contribution >= 0.6 is 11.8 Å². The first-order valence-corrected chi connectivity index (χ1v) is 7.62. The van der Waals surface area contributed by atoms with Crippen molar-refractivity contribution >= 4 is 28.8 Å². The fourth-order valence-corrected chi connectivity index (χ4v) is 3.16. The van der Waals surface area contributed by atoms with Gasteiger partial charge in [0, 0.05) is 6.54 Å². The topological polar surface area (TPSA) is 55.1 Å². The molecule has 1 aliphatic rings. The van der Waals surface area contributed by atoms with Gasteiger partial charge in [-0.2, -0.15) is 0 Å². The van der Waals surface area contributed by atoms with Crippen molar-refractivity contribution in [3.8, 4) is 0 Å². The number of carboxylic acid groups (broad SMARTS) is 1. The number of nitrogens with zero attached hydrogens (tertiary/aromatic N) is 2. The van der Waals surface area contributed by atoms with Gasteiger partial charge in [-0.1, -0.05) is 18.2 Å². The largest absolute Gasteiger partial charge is 0.481 e. The lowest BCUT2D eigenvalue weighted by Gasteiger charge is -2.26. The van der Waals surface area contributed by atoms with Crippen LogP contribution in [0.15, 0.2) is 23.4 Å². The minimum Gasteiger partial charge on any atom is -0.481 e. The van der Waals surface area contributed by atoms with Crippen molar-refractivity contribution in [1.29, 1.82) is 0 Å².